The number of ether oxygens (including phenoxy) is 1. The molecule has 0 saturated carbocycles. The molecule has 2 aromatic rings. The molecule has 0 unspecified atom stereocenters. The maximum absolute atomic E-state index is 12.2. The third-order valence-electron chi connectivity index (χ3n) is 3.69. The number of thiophene rings is 1. The minimum absolute atomic E-state index is 0.244. The number of aryl methyl sites for hydroxylation is 4. The van der Waals surface area contributed by atoms with Crippen LogP contribution in [0.25, 0.3) is 0 Å². The van der Waals surface area contributed by atoms with Crippen LogP contribution in [0.1, 0.15) is 28.5 Å². The Labute approximate surface area is 142 Å². The first-order chi connectivity index (χ1) is 10.8. The van der Waals surface area contributed by atoms with Gasteiger partial charge in [0.1, 0.15) is 16.6 Å². The van der Waals surface area contributed by atoms with Crippen molar-refractivity contribution in [2.75, 3.05) is 13.2 Å². The van der Waals surface area contributed by atoms with Crippen molar-refractivity contribution < 1.29 is 13.2 Å². The minimum Gasteiger partial charge on any atom is -0.492 e. The van der Waals surface area contributed by atoms with Gasteiger partial charge in [0.15, 0.2) is 0 Å². The molecule has 0 amide bonds. The van der Waals surface area contributed by atoms with Crippen LogP contribution >= 0.6 is 11.3 Å². The van der Waals surface area contributed by atoms with Crippen molar-refractivity contribution in [3.05, 3.63) is 45.8 Å². The molecule has 6 heteroatoms. The van der Waals surface area contributed by atoms with E-state index in [1.54, 1.807) is 6.07 Å². The fourth-order valence-corrected chi connectivity index (χ4v) is 4.54. The van der Waals surface area contributed by atoms with Crippen LogP contribution < -0.4 is 9.46 Å². The van der Waals surface area contributed by atoms with Gasteiger partial charge in [0.25, 0.3) is 0 Å². The molecule has 126 valence electrons. The molecule has 0 aliphatic carbocycles. The summed E-state index contributed by atoms with van der Waals surface area (Å²) in [7, 11) is -3.44. The fourth-order valence-electron chi connectivity index (χ4n) is 2.19. The quantitative estimate of drug-likeness (QED) is 0.774. The Bertz CT molecular complexity index is 779. The van der Waals surface area contributed by atoms with E-state index in [2.05, 4.69) is 17.7 Å². The molecule has 1 aromatic carbocycles. The lowest BCUT2D eigenvalue weighted by atomic mass is 10.1. The monoisotopic (exact) mass is 353 g/mol. The predicted molar refractivity (Wildman–Crippen MR) is 95.0 cm³/mol. The van der Waals surface area contributed by atoms with Crippen LogP contribution in [0.15, 0.2) is 28.5 Å². The molecule has 1 N–H and O–H groups in total. The Morgan fingerprint density at radius 1 is 1.09 bits per heavy atom. The van der Waals surface area contributed by atoms with Gasteiger partial charge in [-0.25, -0.2) is 13.1 Å². The molecular weight excluding hydrogens is 330 g/mol. The maximum Gasteiger partial charge on any atom is 0.250 e. The van der Waals surface area contributed by atoms with Crippen molar-refractivity contribution in [3.63, 3.8) is 0 Å². The van der Waals surface area contributed by atoms with E-state index in [0.717, 1.165) is 28.2 Å². The molecule has 0 aliphatic rings. The van der Waals surface area contributed by atoms with E-state index in [1.807, 2.05) is 32.9 Å². The van der Waals surface area contributed by atoms with Gasteiger partial charge in [-0.2, -0.15) is 0 Å². The van der Waals surface area contributed by atoms with Crippen molar-refractivity contribution >= 4 is 21.4 Å². The SMILES string of the molecule is CCc1ccc(S(=O)(=O)NCCOc2cc(C)c(C)cc2C)s1. The van der Waals surface area contributed by atoms with E-state index >= 15 is 0 Å². The normalized spacial score (nSPS) is 11.7. The first kappa shape index (κ1) is 18.0. The van der Waals surface area contributed by atoms with Gasteiger partial charge < -0.3 is 4.74 Å². The highest BCUT2D eigenvalue weighted by molar-refractivity contribution is 7.91. The van der Waals surface area contributed by atoms with Crippen molar-refractivity contribution in [3.8, 4) is 5.75 Å². The molecule has 0 bridgehead atoms. The number of benzene rings is 1. The van der Waals surface area contributed by atoms with Crippen LogP contribution in [-0.4, -0.2) is 21.6 Å². The lowest BCUT2D eigenvalue weighted by Crippen LogP contribution is -2.27. The van der Waals surface area contributed by atoms with Gasteiger partial charge in [-0.15, -0.1) is 11.3 Å². The van der Waals surface area contributed by atoms with Crippen LogP contribution in [0, 0.1) is 20.8 Å². The molecular formula is C17H23NO3S2. The van der Waals surface area contributed by atoms with Crippen LogP contribution in [0.4, 0.5) is 0 Å². The lowest BCUT2D eigenvalue weighted by molar-refractivity contribution is 0.320. The molecule has 0 atom stereocenters. The topological polar surface area (TPSA) is 55.4 Å². The number of rotatable bonds is 7. The van der Waals surface area contributed by atoms with E-state index in [9.17, 15) is 8.42 Å². The van der Waals surface area contributed by atoms with Gasteiger partial charge in [0.2, 0.25) is 10.0 Å². The highest BCUT2D eigenvalue weighted by Gasteiger charge is 2.16. The average Bonchev–Trinajstić information content (AvgIpc) is 2.98. The molecule has 23 heavy (non-hydrogen) atoms. The molecule has 0 radical (unpaired) electrons. The number of sulfonamides is 1. The van der Waals surface area contributed by atoms with Gasteiger partial charge in [0, 0.05) is 11.4 Å². The zero-order valence-corrected chi connectivity index (χ0v) is 15.6. The predicted octanol–water partition coefficient (Wildman–Crippen LogP) is 3.59. The zero-order valence-electron chi connectivity index (χ0n) is 14.0. The van der Waals surface area contributed by atoms with Gasteiger partial charge in [0.05, 0.1) is 0 Å². The molecule has 4 nitrogen and oxygen atoms in total. The molecule has 1 aromatic heterocycles. The van der Waals surface area contributed by atoms with E-state index in [0.29, 0.717) is 10.8 Å². The summed E-state index contributed by atoms with van der Waals surface area (Å²) < 4.78 is 33.0. The van der Waals surface area contributed by atoms with Crippen LogP contribution in [0.5, 0.6) is 5.75 Å². The highest BCUT2D eigenvalue weighted by atomic mass is 32.2. The van der Waals surface area contributed by atoms with Gasteiger partial charge >= 0.3 is 0 Å². The van der Waals surface area contributed by atoms with Crippen molar-refractivity contribution in [1.29, 1.82) is 0 Å². The Morgan fingerprint density at radius 2 is 1.78 bits per heavy atom. The second-order valence-electron chi connectivity index (χ2n) is 5.52. The Balaban J connectivity index is 1.91. The van der Waals surface area contributed by atoms with E-state index in [4.69, 9.17) is 4.74 Å². The summed E-state index contributed by atoms with van der Waals surface area (Å²) >= 11 is 1.31. The van der Waals surface area contributed by atoms with Crippen molar-refractivity contribution in [2.45, 2.75) is 38.3 Å². The summed E-state index contributed by atoms with van der Waals surface area (Å²) in [6.45, 7) is 8.64. The fraction of sp³-hybridized carbons (Fsp3) is 0.412. The molecule has 0 saturated heterocycles. The Morgan fingerprint density at radius 3 is 2.43 bits per heavy atom. The van der Waals surface area contributed by atoms with Crippen molar-refractivity contribution in [2.24, 2.45) is 0 Å². The van der Waals surface area contributed by atoms with Crippen LogP contribution in [0.3, 0.4) is 0 Å². The summed E-state index contributed by atoms with van der Waals surface area (Å²) in [5.74, 6) is 0.802. The van der Waals surface area contributed by atoms with E-state index in [1.165, 1.54) is 16.9 Å². The van der Waals surface area contributed by atoms with E-state index in [-0.39, 0.29) is 6.54 Å². The van der Waals surface area contributed by atoms with Crippen LogP contribution in [0.2, 0.25) is 0 Å². The number of hydrogen-bond acceptors (Lipinski definition) is 4. The molecule has 0 spiro atoms. The summed E-state index contributed by atoms with van der Waals surface area (Å²) in [6, 6.07) is 7.58. The Hall–Kier alpha value is -1.37. The number of hydrogen-bond donors (Lipinski definition) is 1. The maximum atomic E-state index is 12.2. The lowest BCUT2D eigenvalue weighted by Gasteiger charge is -2.12. The standard InChI is InChI=1S/C17H23NO3S2/c1-5-15-6-7-17(22-15)23(19,20)18-8-9-21-16-11-13(3)12(2)10-14(16)4/h6-7,10-11,18H,5,8-9H2,1-4H3. The van der Waals surface area contributed by atoms with Gasteiger partial charge in [-0.3, -0.25) is 0 Å². The van der Waals surface area contributed by atoms with Crippen molar-refractivity contribution in [1.82, 2.24) is 4.72 Å². The highest BCUT2D eigenvalue weighted by Crippen LogP contribution is 2.23. The molecule has 1 heterocycles. The molecule has 2 rings (SSSR count). The minimum atomic E-state index is -3.44. The summed E-state index contributed by atoms with van der Waals surface area (Å²) in [4.78, 5) is 1.06. The second-order valence-corrected chi connectivity index (χ2v) is 8.68. The average molecular weight is 354 g/mol. The largest absolute Gasteiger partial charge is 0.492 e. The second kappa shape index (κ2) is 7.47. The summed E-state index contributed by atoms with van der Waals surface area (Å²) in [6.07, 6.45) is 0.843. The Kier molecular flexibility index (Phi) is 5.84. The third-order valence-corrected chi connectivity index (χ3v) is 6.88. The number of nitrogens with one attached hydrogen (secondary N) is 1. The third kappa shape index (κ3) is 4.56. The van der Waals surface area contributed by atoms with Gasteiger partial charge in [-0.1, -0.05) is 13.0 Å². The van der Waals surface area contributed by atoms with E-state index < -0.39 is 10.0 Å². The van der Waals surface area contributed by atoms with Crippen LogP contribution in [-0.2, 0) is 16.4 Å². The smallest absolute Gasteiger partial charge is 0.250 e. The first-order valence-corrected chi connectivity index (χ1v) is 9.92. The molecule has 0 aliphatic heterocycles. The molecule has 0 fully saturated rings. The summed E-state index contributed by atoms with van der Waals surface area (Å²) in [5.41, 5.74) is 3.44. The summed E-state index contributed by atoms with van der Waals surface area (Å²) in [5, 5.41) is 0. The zero-order chi connectivity index (χ0) is 17.0. The first-order valence-electron chi connectivity index (χ1n) is 7.62. The van der Waals surface area contributed by atoms with Gasteiger partial charge in [-0.05, 0) is 62.1 Å².